The van der Waals surface area contributed by atoms with Gasteiger partial charge in [-0.15, -0.1) is 0 Å². The van der Waals surface area contributed by atoms with Gasteiger partial charge >= 0.3 is 5.69 Å². The van der Waals surface area contributed by atoms with Crippen molar-refractivity contribution in [2.45, 2.75) is 20.4 Å². The van der Waals surface area contributed by atoms with E-state index in [0.717, 1.165) is 10.1 Å². The van der Waals surface area contributed by atoms with Crippen LogP contribution in [0.4, 0.5) is 0 Å². The summed E-state index contributed by atoms with van der Waals surface area (Å²) in [5.41, 5.74) is 0.521. The predicted octanol–water partition coefficient (Wildman–Crippen LogP) is 1.53. The summed E-state index contributed by atoms with van der Waals surface area (Å²) in [5, 5.41) is 0. The third-order valence-electron chi connectivity index (χ3n) is 3.79. The van der Waals surface area contributed by atoms with Crippen molar-refractivity contribution in [3.63, 3.8) is 0 Å². The number of aryl methyl sites for hydroxylation is 1. The Kier molecular flexibility index (Phi) is 4.16. The van der Waals surface area contributed by atoms with Gasteiger partial charge in [0.15, 0.2) is 11.5 Å². The molecule has 0 radical (unpaired) electrons. The van der Waals surface area contributed by atoms with Gasteiger partial charge in [-0.25, -0.2) is 9.78 Å². The summed E-state index contributed by atoms with van der Waals surface area (Å²) in [5.74, 6) is 0.989. The molecule has 0 bridgehead atoms. The molecule has 0 amide bonds. The zero-order valence-electron chi connectivity index (χ0n) is 13.8. The van der Waals surface area contributed by atoms with Gasteiger partial charge < -0.3 is 9.30 Å². The molecule has 0 atom stereocenters. The number of aromatic nitrogens is 4. The lowest BCUT2D eigenvalue weighted by atomic mass is 10.1. The zero-order chi connectivity index (χ0) is 17.3. The molecule has 0 fully saturated rings. The van der Waals surface area contributed by atoms with E-state index in [1.54, 1.807) is 10.8 Å². The number of hydrogen-bond acceptors (Lipinski definition) is 5. The molecule has 0 saturated carbocycles. The van der Waals surface area contributed by atoms with E-state index in [9.17, 15) is 9.59 Å². The van der Waals surface area contributed by atoms with E-state index in [-0.39, 0.29) is 5.69 Å². The highest BCUT2D eigenvalue weighted by atomic mass is 16.5. The van der Waals surface area contributed by atoms with Crippen LogP contribution in [0.25, 0.3) is 22.8 Å². The first-order valence-electron chi connectivity index (χ1n) is 7.77. The van der Waals surface area contributed by atoms with Crippen LogP contribution in [0.15, 0.2) is 40.1 Å². The van der Waals surface area contributed by atoms with Gasteiger partial charge in [0.05, 0.1) is 12.3 Å². The molecule has 0 spiro atoms. The number of nitrogens with zero attached hydrogens (tertiary/aromatic N) is 4. The smallest absolute Gasteiger partial charge is 0.352 e. The number of para-hydroxylation sites is 1. The van der Waals surface area contributed by atoms with Gasteiger partial charge in [0.2, 0.25) is 0 Å². The van der Waals surface area contributed by atoms with E-state index in [1.165, 1.54) is 7.05 Å². The molecular formula is C17H18N4O3. The second kappa shape index (κ2) is 6.27. The number of ether oxygens (including phenoxy) is 1. The minimum atomic E-state index is -0.584. The lowest BCUT2D eigenvalue weighted by molar-refractivity contribution is 0.341. The molecule has 0 aliphatic carbocycles. The molecule has 124 valence electrons. The SMILES string of the molecule is CCOc1ccccc1-c1cn(CC)c2nc(=O)n(C)c(=O)c-2n1. The molecule has 24 heavy (non-hydrogen) atoms. The molecule has 1 aromatic carbocycles. The van der Waals surface area contributed by atoms with Crippen LogP contribution in [0.5, 0.6) is 5.75 Å². The Labute approximate surface area is 138 Å². The summed E-state index contributed by atoms with van der Waals surface area (Å²) in [6.07, 6.45) is 1.78. The van der Waals surface area contributed by atoms with Crippen molar-refractivity contribution in [2.75, 3.05) is 6.61 Å². The Morgan fingerprint density at radius 1 is 1.12 bits per heavy atom. The summed E-state index contributed by atoms with van der Waals surface area (Å²) >= 11 is 0. The fourth-order valence-corrected chi connectivity index (χ4v) is 2.55. The zero-order valence-corrected chi connectivity index (χ0v) is 13.8. The van der Waals surface area contributed by atoms with E-state index >= 15 is 0 Å². The predicted molar refractivity (Wildman–Crippen MR) is 90.4 cm³/mol. The van der Waals surface area contributed by atoms with Gasteiger partial charge in [0.25, 0.3) is 5.56 Å². The van der Waals surface area contributed by atoms with Crippen molar-refractivity contribution in [3.05, 3.63) is 51.3 Å². The van der Waals surface area contributed by atoms with E-state index in [1.807, 2.05) is 38.1 Å². The molecule has 0 saturated heterocycles. The fraction of sp³-hybridized carbons (Fsp3) is 0.294. The highest BCUT2D eigenvalue weighted by molar-refractivity contribution is 5.69. The second-order valence-corrected chi connectivity index (χ2v) is 5.27. The molecule has 0 aromatic heterocycles. The second-order valence-electron chi connectivity index (χ2n) is 5.27. The fourth-order valence-electron chi connectivity index (χ4n) is 2.55. The number of fused-ring (bicyclic) bond motifs is 1. The maximum absolute atomic E-state index is 12.4. The highest BCUT2D eigenvalue weighted by Crippen LogP contribution is 2.30. The summed E-state index contributed by atoms with van der Waals surface area (Å²) < 4.78 is 8.37. The Hall–Kier alpha value is -2.96. The van der Waals surface area contributed by atoms with Crippen molar-refractivity contribution in [2.24, 2.45) is 7.05 Å². The van der Waals surface area contributed by atoms with Crippen molar-refractivity contribution in [1.82, 2.24) is 19.1 Å². The van der Waals surface area contributed by atoms with Crippen molar-refractivity contribution < 1.29 is 4.74 Å². The first kappa shape index (κ1) is 15.9. The molecule has 0 unspecified atom stereocenters. The van der Waals surface area contributed by atoms with Gasteiger partial charge in [-0.1, -0.05) is 12.1 Å². The van der Waals surface area contributed by atoms with Gasteiger partial charge in [-0.05, 0) is 26.0 Å². The highest BCUT2D eigenvalue weighted by Gasteiger charge is 2.20. The van der Waals surface area contributed by atoms with Crippen LogP contribution >= 0.6 is 0 Å². The first-order valence-corrected chi connectivity index (χ1v) is 7.77. The molecule has 0 N–H and O–H groups in total. The van der Waals surface area contributed by atoms with E-state index in [0.29, 0.717) is 30.4 Å². The van der Waals surface area contributed by atoms with Crippen LogP contribution < -0.4 is 16.0 Å². The summed E-state index contributed by atoms with van der Waals surface area (Å²) in [4.78, 5) is 32.7. The molecule has 2 aliphatic heterocycles. The van der Waals surface area contributed by atoms with Gasteiger partial charge in [0.1, 0.15) is 5.75 Å². The maximum Gasteiger partial charge on any atom is 0.352 e. The van der Waals surface area contributed by atoms with Gasteiger partial charge in [-0.3, -0.25) is 9.36 Å². The largest absolute Gasteiger partial charge is 0.493 e. The van der Waals surface area contributed by atoms with Crippen molar-refractivity contribution in [1.29, 1.82) is 0 Å². The number of hydrogen-bond donors (Lipinski definition) is 0. The third kappa shape index (κ3) is 2.58. The number of rotatable bonds is 4. The van der Waals surface area contributed by atoms with Crippen molar-refractivity contribution in [3.8, 4) is 28.5 Å². The average molecular weight is 326 g/mol. The lowest BCUT2D eigenvalue weighted by Gasteiger charge is -2.16. The monoisotopic (exact) mass is 326 g/mol. The van der Waals surface area contributed by atoms with E-state index in [4.69, 9.17) is 4.74 Å². The van der Waals surface area contributed by atoms with Crippen LogP contribution in [-0.4, -0.2) is 25.7 Å². The van der Waals surface area contributed by atoms with E-state index in [2.05, 4.69) is 9.97 Å². The average Bonchev–Trinajstić information content (AvgIpc) is 2.60. The van der Waals surface area contributed by atoms with Crippen LogP contribution in [-0.2, 0) is 13.6 Å². The van der Waals surface area contributed by atoms with Crippen LogP contribution in [0, 0.1) is 0 Å². The van der Waals surface area contributed by atoms with Crippen LogP contribution in [0.2, 0.25) is 0 Å². The molecule has 1 aromatic rings. The minimum absolute atomic E-state index is 0.169. The molecule has 3 rings (SSSR count). The first-order chi connectivity index (χ1) is 11.6. The van der Waals surface area contributed by atoms with E-state index < -0.39 is 11.2 Å². The normalized spacial score (nSPS) is 11.0. The van der Waals surface area contributed by atoms with Gasteiger partial charge in [0, 0.05) is 25.4 Å². The number of benzene rings is 1. The van der Waals surface area contributed by atoms with Crippen LogP contribution in [0.1, 0.15) is 13.8 Å². The Bertz CT molecular complexity index is 974. The molecular weight excluding hydrogens is 308 g/mol. The Morgan fingerprint density at radius 3 is 2.58 bits per heavy atom. The molecule has 7 heteroatoms. The Balaban J connectivity index is 2.34. The lowest BCUT2D eigenvalue weighted by Crippen LogP contribution is -2.36. The van der Waals surface area contributed by atoms with Crippen LogP contribution in [0.3, 0.4) is 0 Å². The quantitative estimate of drug-likeness (QED) is 0.726. The van der Waals surface area contributed by atoms with Gasteiger partial charge in [-0.2, -0.15) is 4.98 Å². The topological polar surface area (TPSA) is 79.0 Å². The molecule has 7 nitrogen and oxygen atoms in total. The minimum Gasteiger partial charge on any atom is -0.493 e. The molecule has 2 aliphatic rings. The Morgan fingerprint density at radius 2 is 1.88 bits per heavy atom. The third-order valence-corrected chi connectivity index (χ3v) is 3.79. The summed E-state index contributed by atoms with van der Waals surface area (Å²) in [6.45, 7) is 4.91. The van der Waals surface area contributed by atoms with Crippen molar-refractivity contribution >= 4 is 0 Å². The standard InChI is InChI=1S/C17H18N4O3/c1-4-21-10-12(11-8-6-7-9-13(11)24-5-2)18-14-15(21)19-17(23)20(3)16(14)22/h6-10H,4-5H2,1-3H3. The maximum atomic E-state index is 12.4. The molecule has 2 heterocycles. The summed E-state index contributed by atoms with van der Waals surface area (Å²) in [7, 11) is 1.40. The summed E-state index contributed by atoms with van der Waals surface area (Å²) in [6, 6.07) is 7.52.